The van der Waals surface area contributed by atoms with E-state index < -0.39 is 9.84 Å². The monoisotopic (exact) mass is 356 g/mol. The molecule has 0 amide bonds. The topological polar surface area (TPSA) is 54.4 Å². The number of hydrogen-bond acceptors (Lipinski definition) is 4. The number of fused-ring (bicyclic) bond motifs is 1. The molecule has 0 aliphatic carbocycles. The van der Waals surface area contributed by atoms with Crippen molar-refractivity contribution in [2.45, 2.75) is 9.79 Å². The van der Waals surface area contributed by atoms with Crippen molar-refractivity contribution in [3.05, 3.63) is 84.0 Å². The van der Waals surface area contributed by atoms with E-state index in [1.807, 2.05) is 42.5 Å². The van der Waals surface area contributed by atoms with E-state index in [1.165, 1.54) is 23.9 Å². The molecule has 3 aromatic carbocycles. The highest BCUT2D eigenvalue weighted by atomic mass is 32.2. The number of aliphatic hydroxyl groups is 1. The van der Waals surface area contributed by atoms with Crippen LogP contribution in [0.25, 0.3) is 10.8 Å². The first-order valence-corrected chi connectivity index (χ1v) is 9.89. The maximum Gasteiger partial charge on any atom is 0.203 e. The first kappa shape index (κ1) is 16.6. The molecule has 3 nitrogen and oxygen atoms in total. The molecule has 1 N–H and O–H groups in total. The normalized spacial score (nSPS) is 12.4. The van der Waals surface area contributed by atoms with Gasteiger partial charge in [0.15, 0.2) is 0 Å². The molecule has 3 rings (SSSR count). The zero-order valence-corrected chi connectivity index (χ0v) is 14.4. The Kier molecular flexibility index (Phi) is 4.92. The number of sulfone groups is 1. The minimum absolute atomic E-state index is 0.169. The van der Waals surface area contributed by atoms with Gasteiger partial charge in [-0.2, -0.15) is 0 Å². The molecule has 0 aliphatic heterocycles. The summed E-state index contributed by atoms with van der Waals surface area (Å²) in [5.74, 6) is 0.0294. The molecule has 0 saturated carbocycles. The average Bonchev–Trinajstić information content (AvgIpc) is 2.60. The molecule has 0 heterocycles. The van der Waals surface area contributed by atoms with Gasteiger partial charge in [0.2, 0.25) is 9.84 Å². The summed E-state index contributed by atoms with van der Waals surface area (Å²) in [5.41, 5.74) is 0. The smallest absolute Gasteiger partial charge is 0.203 e. The van der Waals surface area contributed by atoms with Gasteiger partial charge in [-0.05, 0) is 35.0 Å². The number of benzene rings is 3. The van der Waals surface area contributed by atoms with Gasteiger partial charge in [0, 0.05) is 4.90 Å². The van der Waals surface area contributed by atoms with Crippen LogP contribution in [0.3, 0.4) is 0 Å². The van der Waals surface area contributed by atoms with E-state index in [0.29, 0.717) is 0 Å². The maximum absolute atomic E-state index is 12.2. The molecule has 24 heavy (non-hydrogen) atoms. The Labute approximate surface area is 145 Å². The summed E-state index contributed by atoms with van der Waals surface area (Å²) >= 11 is 1.40. The van der Waals surface area contributed by atoms with E-state index in [0.717, 1.165) is 21.1 Å². The zero-order chi connectivity index (χ0) is 17.0. The van der Waals surface area contributed by atoms with Gasteiger partial charge in [0.1, 0.15) is 5.76 Å². The van der Waals surface area contributed by atoms with Gasteiger partial charge in [0.05, 0.1) is 16.1 Å². The van der Waals surface area contributed by atoms with Gasteiger partial charge in [0.25, 0.3) is 0 Å². The highest BCUT2D eigenvalue weighted by Crippen LogP contribution is 2.25. The summed E-state index contributed by atoms with van der Waals surface area (Å²) in [6, 6.07) is 22.1. The van der Waals surface area contributed by atoms with E-state index in [4.69, 9.17) is 0 Å². The minimum Gasteiger partial charge on any atom is -0.511 e. The lowest BCUT2D eigenvalue weighted by Crippen LogP contribution is -1.99. The van der Waals surface area contributed by atoms with Crippen LogP contribution in [-0.2, 0) is 9.84 Å². The van der Waals surface area contributed by atoms with E-state index >= 15 is 0 Å². The molecule has 0 spiro atoms. The van der Waals surface area contributed by atoms with E-state index in [1.54, 1.807) is 18.2 Å². The Bertz CT molecular complexity index is 978. The lowest BCUT2D eigenvalue weighted by Gasteiger charge is -2.04. The fourth-order valence-corrected chi connectivity index (χ4v) is 4.30. The lowest BCUT2D eigenvalue weighted by molar-refractivity contribution is 0.418. The van der Waals surface area contributed by atoms with Gasteiger partial charge in [-0.15, -0.1) is 11.8 Å². The second-order valence-electron chi connectivity index (χ2n) is 5.26. The summed E-state index contributed by atoms with van der Waals surface area (Å²) in [7, 11) is -3.62. The van der Waals surface area contributed by atoms with E-state index in [-0.39, 0.29) is 16.4 Å². The van der Waals surface area contributed by atoms with Crippen LogP contribution in [-0.4, -0.2) is 19.3 Å². The molecule has 0 radical (unpaired) electrons. The Balaban J connectivity index is 1.73. The summed E-state index contributed by atoms with van der Waals surface area (Å²) in [4.78, 5) is 1.15. The van der Waals surface area contributed by atoms with Crippen molar-refractivity contribution in [2.75, 3.05) is 5.75 Å². The number of thioether (sulfide) groups is 1. The van der Waals surface area contributed by atoms with Crippen molar-refractivity contribution in [1.29, 1.82) is 0 Å². The lowest BCUT2D eigenvalue weighted by atomic mass is 10.1. The molecular formula is C19H16O3S2. The Hall–Kier alpha value is -2.24. The molecular weight excluding hydrogens is 340 g/mol. The molecule has 0 aromatic heterocycles. The number of rotatable bonds is 5. The first-order valence-electron chi connectivity index (χ1n) is 7.36. The number of hydrogen-bond donors (Lipinski definition) is 1. The van der Waals surface area contributed by atoms with Crippen molar-refractivity contribution in [3.63, 3.8) is 0 Å². The molecule has 0 unspecified atom stereocenters. The van der Waals surface area contributed by atoms with Crippen LogP contribution < -0.4 is 0 Å². The van der Waals surface area contributed by atoms with Crippen LogP contribution in [0, 0.1) is 0 Å². The molecule has 0 fully saturated rings. The Morgan fingerprint density at radius 2 is 1.58 bits per heavy atom. The largest absolute Gasteiger partial charge is 0.511 e. The Morgan fingerprint density at radius 3 is 2.33 bits per heavy atom. The van der Waals surface area contributed by atoms with E-state index in [9.17, 15) is 13.5 Å². The van der Waals surface area contributed by atoms with E-state index in [2.05, 4.69) is 0 Å². The van der Waals surface area contributed by atoms with Crippen LogP contribution in [0.2, 0.25) is 0 Å². The van der Waals surface area contributed by atoms with Gasteiger partial charge in [-0.1, -0.05) is 48.5 Å². The minimum atomic E-state index is -3.62. The highest BCUT2D eigenvalue weighted by Gasteiger charge is 2.12. The highest BCUT2D eigenvalue weighted by molar-refractivity contribution is 7.99. The summed E-state index contributed by atoms with van der Waals surface area (Å²) in [5, 5.41) is 13.2. The summed E-state index contributed by atoms with van der Waals surface area (Å²) in [6.45, 7) is 0. The standard InChI is InChI=1S/C19H16O3S2/c20-17(14-24(21,22)19-8-2-1-3-9-19)13-23-18-11-10-15-6-4-5-7-16(15)12-18/h1-12,14,20H,13H2. The third kappa shape index (κ3) is 3.99. The van der Waals surface area contributed by atoms with Crippen LogP contribution in [0.5, 0.6) is 0 Å². The predicted molar refractivity (Wildman–Crippen MR) is 99.0 cm³/mol. The van der Waals surface area contributed by atoms with Crippen molar-refractivity contribution < 1.29 is 13.5 Å². The van der Waals surface area contributed by atoms with Crippen molar-refractivity contribution >= 4 is 32.4 Å². The molecule has 5 heteroatoms. The molecule has 122 valence electrons. The Morgan fingerprint density at radius 1 is 0.917 bits per heavy atom. The maximum atomic E-state index is 12.2. The molecule has 0 atom stereocenters. The van der Waals surface area contributed by atoms with Crippen molar-refractivity contribution in [1.82, 2.24) is 0 Å². The van der Waals surface area contributed by atoms with Gasteiger partial charge in [-0.25, -0.2) is 8.42 Å². The SMILES string of the molecule is O=S(=O)(C=C(O)CSc1ccc2ccccc2c1)c1ccccc1. The molecule has 0 bridgehead atoms. The fourth-order valence-electron chi connectivity index (χ4n) is 2.31. The average molecular weight is 356 g/mol. The van der Waals surface area contributed by atoms with Crippen LogP contribution in [0.4, 0.5) is 0 Å². The van der Waals surface area contributed by atoms with Gasteiger partial charge < -0.3 is 5.11 Å². The van der Waals surface area contributed by atoms with Crippen LogP contribution in [0.15, 0.2) is 93.8 Å². The zero-order valence-electron chi connectivity index (χ0n) is 12.8. The van der Waals surface area contributed by atoms with Crippen molar-refractivity contribution in [2.24, 2.45) is 0 Å². The summed E-state index contributed by atoms with van der Waals surface area (Å²) in [6.07, 6.45) is 0. The quantitative estimate of drug-likeness (QED) is 0.527. The van der Waals surface area contributed by atoms with Gasteiger partial charge >= 0.3 is 0 Å². The molecule has 0 saturated heterocycles. The van der Waals surface area contributed by atoms with Crippen LogP contribution in [0.1, 0.15) is 0 Å². The second kappa shape index (κ2) is 7.11. The fraction of sp³-hybridized carbons (Fsp3) is 0.0526. The second-order valence-corrected chi connectivity index (χ2v) is 8.11. The van der Waals surface area contributed by atoms with Crippen LogP contribution >= 0.6 is 11.8 Å². The first-order chi connectivity index (χ1) is 11.5. The summed E-state index contributed by atoms with van der Waals surface area (Å²) < 4.78 is 24.4. The third-order valence-electron chi connectivity index (χ3n) is 3.47. The third-order valence-corrected chi connectivity index (χ3v) is 6.01. The van der Waals surface area contributed by atoms with Gasteiger partial charge in [-0.3, -0.25) is 0 Å². The predicted octanol–water partition coefficient (Wildman–Crippen LogP) is 4.81. The molecule has 3 aromatic rings. The van der Waals surface area contributed by atoms with Crippen molar-refractivity contribution in [3.8, 4) is 0 Å². The number of aliphatic hydroxyl groups excluding tert-OH is 1. The molecule has 0 aliphatic rings.